The molecule has 12 heavy (non-hydrogen) atoms. The zero-order valence-electron chi connectivity index (χ0n) is 11.7. The van der Waals surface area contributed by atoms with E-state index >= 15 is 0 Å². The van der Waals surface area contributed by atoms with Crippen LogP contribution >= 0.6 is 0 Å². The Hall–Kier alpha value is -0.795. The molecule has 0 aromatic heterocycles. The summed E-state index contributed by atoms with van der Waals surface area (Å²) in [4.78, 5) is 0. The molecule has 1 rings (SSSR count). The molecule has 0 unspecified atom stereocenters. The van der Waals surface area contributed by atoms with E-state index in [1.165, 1.54) is 18.2 Å². The van der Waals surface area contributed by atoms with Crippen molar-refractivity contribution in [2.45, 2.75) is 20.1 Å². The van der Waals surface area contributed by atoms with Crippen molar-refractivity contribution in [3.63, 3.8) is 0 Å². The average molecular weight is 169 g/mol. The molecule has 0 atom stereocenters. The summed E-state index contributed by atoms with van der Waals surface area (Å²) in [5.41, 5.74) is 0.667. The lowest BCUT2D eigenvalue weighted by molar-refractivity contribution is 0.425. The van der Waals surface area contributed by atoms with Gasteiger partial charge in [0, 0.05) is 6.85 Å². The number of hydrogen-bond donors (Lipinski definition) is 2. The van der Waals surface area contributed by atoms with Crippen LogP contribution in [0.25, 0.3) is 0 Å². The molecule has 3 heteroatoms. The van der Waals surface area contributed by atoms with Crippen molar-refractivity contribution in [3.05, 3.63) is 29.3 Å². The van der Waals surface area contributed by atoms with E-state index in [4.69, 9.17) is 16.9 Å². The maximum absolute atomic E-state index is 9.01. The van der Waals surface area contributed by atoms with E-state index in [-0.39, 0.29) is 11.0 Å². The van der Waals surface area contributed by atoms with E-state index in [2.05, 4.69) is 0 Å². The standard InChI is InChI=1S/C9H13BO2/c1-3-8-4-5-9(10(11)12)7(2)6-8/h4-6,11-12H,3H2,1-2H3/i1D3,3D2. The van der Waals surface area contributed by atoms with Gasteiger partial charge in [0.2, 0.25) is 0 Å². The van der Waals surface area contributed by atoms with Gasteiger partial charge < -0.3 is 10.0 Å². The first-order valence-corrected chi connectivity index (χ1v) is 3.54. The Morgan fingerprint density at radius 2 is 2.33 bits per heavy atom. The van der Waals surface area contributed by atoms with Gasteiger partial charge in [-0.3, -0.25) is 0 Å². The summed E-state index contributed by atoms with van der Waals surface area (Å²) in [7, 11) is -1.65. The maximum Gasteiger partial charge on any atom is 0.488 e. The molecule has 2 N–H and O–H groups in total. The van der Waals surface area contributed by atoms with Crippen molar-refractivity contribution in [2.75, 3.05) is 0 Å². The van der Waals surface area contributed by atoms with Crippen molar-refractivity contribution >= 4 is 12.6 Å². The summed E-state index contributed by atoms with van der Waals surface area (Å²) < 4.78 is 36.6. The second-order valence-corrected chi connectivity index (χ2v) is 2.57. The SMILES string of the molecule is [2H]C([2H])([2H])C([2H])([2H])c1ccc(B(O)O)c(C)c1. The molecule has 0 saturated carbocycles. The lowest BCUT2D eigenvalue weighted by Crippen LogP contribution is -2.32. The molecule has 0 radical (unpaired) electrons. The summed E-state index contributed by atoms with van der Waals surface area (Å²) >= 11 is 0. The van der Waals surface area contributed by atoms with Gasteiger partial charge in [-0.25, -0.2) is 0 Å². The quantitative estimate of drug-likeness (QED) is 0.622. The third-order valence-electron chi connectivity index (χ3n) is 1.69. The molecule has 1 aromatic rings. The summed E-state index contributed by atoms with van der Waals surface area (Å²) in [6.45, 7) is -1.20. The first-order valence-electron chi connectivity index (χ1n) is 6.04. The fourth-order valence-corrected chi connectivity index (χ4v) is 1.04. The predicted molar refractivity (Wildman–Crippen MR) is 50.4 cm³/mol. The van der Waals surface area contributed by atoms with Crippen LogP contribution in [0, 0.1) is 6.92 Å². The van der Waals surface area contributed by atoms with Gasteiger partial charge >= 0.3 is 7.12 Å². The molecule has 0 saturated heterocycles. The van der Waals surface area contributed by atoms with E-state index in [0.717, 1.165) is 0 Å². The van der Waals surface area contributed by atoms with Gasteiger partial charge in [-0.1, -0.05) is 30.6 Å². The Morgan fingerprint density at radius 3 is 2.83 bits per heavy atom. The smallest absolute Gasteiger partial charge is 0.423 e. The van der Waals surface area contributed by atoms with Gasteiger partial charge in [-0.05, 0) is 24.3 Å². The zero-order valence-corrected chi connectivity index (χ0v) is 6.70. The van der Waals surface area contributed by atoms with Gasteiger partial charge in [0.1, 0.15) is 0 Å². The van der Waals surface area contributed by atoms with Gasteiger partial charge in [-0.15, -0.1) is 0 Å². The Kier molecular flexibility index (Phi) is 1.38. The minimum atomic E-state index is -2.77. The van der Waals surface area contributed by atoms with Crippen LogP contribution in [0.1, 0.15) is 24.8 Å². The van der Waals surface area contributed by atoms with Crippen LogP contribution in [-0.2, 0) is 6.37 Å². The minimum Gasteiger partial charge on any atom is -0.423 e. The number of benzene rings is 1. The van der Waals surface area contributed by atoms with E-state index in [1.807, 2.05) is 0 Å². The summed E-state index contributed by atoms with van der Waals surface area (Å²) in [6, 6.07) is 3.90. The highest BCUT2D eigenvalue weighted by atomic mass is 16.4. The Morgan fingerprint density at radius 1 is 1.58 bits per heavy atom. The monoisotopic (exact) mass is 169 g/mol. The van der Waals surface area contributed by atoms with Gasteiger partial charge in [0.25, 0.3) is 0 Å². The van der Waals surface area contributed by atoms with Crippen molar-refractivity contribution in [3.8, 4) is 0 Å². The largest absolute Gasteiger partial charge is 0.488 e. The van der Waals surface area contributed by atoms with Gasteiger partial charge in [0.05, 0.1) is 0 Å². The van der Waals surface area contributed by atoms with E-state index in [0.29, 0.717) is 5.56 Å². The second kappa shape index (κ2) is 3.74. The molecule has 0 amide bonds. The maximum atomic E-state index is 9.01. The number of hydrogen-bond acceptors (Lipinski definition) is 2. The first kappa shape index (κ1) is 4.44. The summed E-state index contributed by atoms with van der Waals surface area (Å²) in [5.74, 6) is 0. The van der Waals surface area contributed by atoms with Crippen LogP contribution < -0.4 is 5.46 Å². The highest BCUT2D eigenvalue weighted by Gasteiger charge is 2.12. The van der Waals surface area contributed by atoms with Crippen molar-refractivity contribution in [1.29, 1.82) is 0 Å². The Bertz CT molecular complexity index is 416. The molecular weight excluding hydrogens is 151 g/mol. The molecule has 0 aliphatic heterocycles. The van der Waals surface area contributed by atoms with E-state index in [9.17, 15) is 0 Å². The lowest BCUT2D eigenvalue weighted by atomic mass is 9.77. The minimum absolute atomic E-state index is 0.000556. The highest BCUT2D eigenvalue weighted by molar-refractivity contribution is 6.59. The molecule has 0 fully saturated rings. The van der Waals surface area contributed by atoms with Crippen LogP contribution in [0.5, 0.6) is 0 Å². The predicted octanol–water partition coefficient (Wildman–Crippen LogP) is 0.237. The van der Waals surface area contributed by atoms with Crippen LogP contribution in [0.3, 0.4) is 0 Å². The van der Waals surface area contributed by atoms with E-state index in [1.54, 1.807) is 6.92 Å². The third kappa shape index (κ3) is 1.87. The van der Waals surface area contributed by atoms with Crippen molar-refractivity contribution in [2.24, 2.45) is 0 Å². The van der Waals surface area contributed by atoms with Crippen molar-refractivity contribution < 1.29 is 16.9 Å². The number of aryl methyl sites for hydroxylation is 2. The van der Waals surface area contributed by atoms with Crippen molar-refractivity contribution in [1.82, 2.24) is 0 Å². The molecule has 2 nitrogen and oxygen atoms in total. The molecular formula is C9H13BO2. The first-order chi connectivity index (χ1) is 7.57. The molecule has 0 aliphatic rings. The fourth-order valence-electron chi connectivity index (χ4n) is 1.04. The van der Waals surface area contributed by atoms with Crippen LogP contribution in [0.2, 0.25) is 0 Å². The molecule has 1 aromatic carbocycles. The highest BCUT2D eigenvalue weighted by Crippen LogP contribution is 2.02. The summed E-state index contributed by atoms with van der Waals surface area (Å²) in [6.07, 6.45) is -2.46. The van der Waals surface area contributed by atoms with Crippen LogP contribution in [0.15, 0.2) is 18.2 Å². The topological polar surface area (TPSA) is 40.5 Å². The van der Waals surface area contributed by atoms with Crippen LogP contribution in [0.4, 0.5) is 0 Å². The third-order valence-corrected chi connectivity index (χ3v) is 1.69. The summed E-state index contributed by atoms with van der Waals surface area (Å²) in [5, 5.41) is 18.0. The lowest BCUT2D eigenvalue weighted by Gasteiger charge is -2.05. The van der Waals surface area contributed by atoms with Crippen LogP contribution in [-0.4, -0.2) is 17.2 Å². The fraction of sp³-hybridized carbons (Fsp3) is 0.333. The average Bonchev–Trinajstić information content (AvgIpc) is 2.14. The Balaban J connectivity index is 3.23. The molecule has 0 aliphatic carbocycles. The van der Waals surface area contributed by atoms with Gasteiger partial charge in [0.15, 0.2) is 0 Å². The van der Waals surface area contributed by atoms with E-state index < -0.39 is 20.3 Å². The zero-order chi connectivity index (χ0) is 13.4. The molecule has 0 spiro atoms. The molecule has 64 valence electrons. The Labute approximate surface area is 80.0 Å². The molecule has 0 heterocycles. The number of rotatable bonds is 2. The van der Waals surface area contributed by atoms with Gasteiger partial charge in [-0.2, -0.15) is 0 Å². The second-order valence-electron chi connectivity index (χ2n) is 2.57. The molecule has 0 bridgehead atoms. The normalized spacial score (nSPS) is 18.4.